The van der Waals surface area contributed by atoms with Crippen molar-refractivity contribution in [2.45, 2.75) is 43.0 Å². The molecule has 2 fully saturated rings. The Labute approximate surface area is 157 Å². The maximum Gasteiger partial charge on any atom is 0.232 e. The first-order valence-electron chi connectivity index (χ1n) is 9.27. The number of thioether (sulfide) groups is 1. The van der Waals surface area contributed by atoms with Crippen LogP contribution in [0.15, 0.2) is 29.4 Å². The van der Waals surface area contributed by atoms with Gasteiger partial charge in [-0.25, -0.2) is 0 Å². The van der Waals surface area contributed by atoms with E-state index in [1.54, 1.807) is 11.8 Å². The molecule has 1 atom stereocenters. The summed E-state index contributed by atoms with van der Waals surface area (Å²) in [5.41, 5.74) is 2.25. The summed E-state index contributed by atoms with van der Waals surface area (Å²) in [4.78, 5) is 14.5. The number of aromatic nitrogens is 3. The number of benzene rings is 1. The number of ether oxygens (including phenoxy) is 1. The summed E-state index contributed by atoms with van der Waals surface area (Å²) in [5, 5.41) is 9.74. The number of hydrogen-bond donors (Lipinski definition) is 0. The van der Waals surface area contributed by atoms with Gasteiger partial charge < -0.3 is 9.64 Å². The first-order chi connectivity index (χ1) is 12.7. The molecule has 1 saturated heterocycles. The number of hydrogen-bond acceptors (Lipinski definition) is 6. The molecule has 1 aromatic carbocycles. The molecule has 1 aromatic heterocycles. The number of Topliss-reactive ketones (excluding diaryl/α,β-unsaturated/α-hetero) is 1. The van der Waals surface area contributed by atoms with Crippen LogP contribution in [0.25, 0.3) is 5.69 Å². The van der Waals surface area contributed by atoms with Gasteiger partial charge in [-0.1, -0.05) is 35.9 Å². The summed E-state index contributed by atoms with van der Waals surface area (Å²) in [6.45, 7) is 5.08. The third-order valence-electron chi connectivity index (χ3n) is 4.95. The first-order valence-corrected chi connectivity index (χ1v) is 10.1. The number of morpholine rings is 1. The zero-order valence-corrected chi connectivity index (χ0v) is 15.9. The zero-order chi connectivity index (χ0) is 17.9. The number of carbonyl (C=O) groups excluding carboxylic acids is 1. The van der Waals surface area contributed by atoms with Gasteiger partial charge in [-0.05, 0) is 31.9 Å². The van der Waals surface area contributed by atoms with Gasteiger partial charge in [0.15, 0.2) is 5.16 Å². The summed E-state index contributed by atoms with van der Waals surface area (Å²) >= 11 is 1.57. The molecule has 1 saturated carbocycles. The molecule has 138 valence electrons. The Morgan fingerprint density at radius 2 is 1.88 bits per heavy atom. The number of anilines is 1. The molecule has 1 aliphatic carbocycles. The van der Waals surface area contributed by atoms with Gasteiger partial charge in [0, 0.05) is 19.5 Å². The molecule has 26 heavy (non-hydrogen) atoms. The van der Waals surface area contributed by atoms with Crippen LogP contribution in [-0.2, 0) is 9.53 Å². The van der Waals surface area contributed by atoms with E-state index in [1.165, 1.54) is 5.56 Å². The molecule has 0 bridgehead atoms. The van der Waals surface area contributed by atoms with Gasteiger partial charge >= 0.3 is 0 Å². The van der Waals surface area contributed by atoms with Crippen molar-refractivity contribution in [1.82, 2.24) is 14.8 Å². The van der Waals surface area contributed by atoms with Gasteiger partial charge in [0.1, 0.15) is 5.78 Å². The monoisotopic (exact) mass is 372 g/mol. The lowest BCUT2D eigenvalue weighted by molar-refractivity contribution is -0.119. The Morgan fingerprint density at radius 3 is 2.62 bits per heavy atom. The number of rotatable bonds is 4. The van der Waals surface area contributed by atoms with E-state index in [2.05, 4.69) is 50.9 Å². The number of nitrogens with zero attached hydrogens (tertiary/aromatic N) is 4. The van der Waals surface area contributed by atoms with Crippen molar-refractivity contribution in [1.29, 1.82) is 0 Å². The normalized spacial score (nSPS) is 21.2. The predicted molar refractivity (Wildman–Crippen MR) is 102 cm³/mol. The summed E-state index contributed by atoms with van der Waals surface area (Å²) in [6.07, 6.45) is 3.74. The second kappa shape index (κ2) is 7.80. The van der Waals surface area contributed by atoms with Gasteiger partial charge in [-0.2, -0.15) is 0 Å². The molecular formula is C19H24N4O2S. The van der Waals surface area contributed by atoms with E-state index < -0.39 is 0 Å². The maximum atomic E-state index is 12.3. The topological polar surface area (TPSA) is 60.2 Å². The molecule has 7 heteroatoms. The van der Waals surface area contributed by atoms with Crippen molar-refractivity contribution in [2.75, 3.05) is 31.2 Å². The van der Waals surface area contributed by atoms with Crippen LogP contribution in [0, 0.1) is 6.92 Å². The smallest absolute Gasteiger partial charge is 0.232 e. The second-order valence-corrected chi connectivity index (χ2v) is 8.04. The van der Waals surface area contributed by atoms with E-state index in [9.17, 15) is 4.79 Å². The molecule has 0 radical (unpaired) electrons. The maximum absolute atomic E-state index is 12.3. The largest absolute Gasteiger partial charge is 0.378 e. The van der Waals surface area contributed by atoms with Crippen LogP contribution < -0.4 is 4.90 Å². The Hall–Kier alpha value is -1.86. The van der Waals surface area contributed by atoms with Crippen molar-refractivity contribution in [3.63, 3.8) is 0 Å². The van der Waals surface area contributed by atoms with Gasteiger partial charge in [0.25, 0.3) is 0 Å². The Balaban J connectivity index is 1.69. The molecule has 0 amide bonds. The zero-order valence-electron chi connectivity index (χ0n) is 15.1. The molecule has 0 N–H and O–H groups in total. The summed E-state index contributed by atoms with van der Waals surface area (Å²) in [7, 11) is 0. The fraction of sp³-hybridized carbons (Fsp3) is 0.526. The lowest BCUT2D eigenvalue weighted by atomic mass is 9.99. The summed E-state index contributed by atoms with van der Waals surface area (Å²) < 4.78 is 7.57. The fourth-order valence-corrected chi connectivity index (χ4v) is 4.60. The molecule has 4 rings (SSSR count). The van der Waals surface area contributed by atoms with Crippen molar-refractivity contribution in [3.8, 4) is 5.69 Å². The quantitative estimate of drug-likeness (QED) is 0.822. The van der Waals surface area contributed by atoms with Crippen molar-refractivity contribution >= 4 is 23.5 Å². The summed E-state index contributed by atoms with van der Waals surface area (Å²) in [5.74, 6) is 1.18. The van der Waals surface area contributed by atoms with Crippen molar-refractivity contribution in [3.05, 3.63) is 29.8 Å². The van der Waals surface area contributed by atoms with Gasteiger partial charge in [-0.15, -0.1) is 10.2 Å². The van der Waals surface area contributed by atoms with Crippen LogP contribution in [0.5, 0.6) is 0 Å². The molecule has 6 nitrogen and oxygen atoms in total. The van der Waals surface area contributed by atoms with Crippen LogP contribution in [0.3, 0.4) is 0 Å². The van der Waals surface area contributed by atoms with E-state index >= 15 is 0 Å². The fourth-order valence-electron chi connectivity index (χ4n) is 3.43. The average molecular weight is 372 g/mol. The highest BCUT2D eigenvalue weighted by atomic mass is 32.2. The van der Waals surface area contributed by atoms with Gasteiger partial charge in [-0.3, -0.25) is 9.36 Å². The summed E-state index contributed by atoms with van der Waals surface area (Å²) in [6, 6.07) is 8.38. The number of aryl methyl sites for hydroxylation is 1. The molecule has 2 aliphatic rings. The van der Waals surface area contributed by atoms with E-state index in [4.69, 9.17) is 4.74 Å². The van der Waals surface area contributed by atoms with Crippen LogP contribution >= 0.6 is 11.8 Å². The van der Waals surface area contributed by atoms with Crippen LogP contribution in [0.4, 0.5) is 5.95 Å². The van der Waals surface area contributed by atoms with Crippen molar-refractivity contribution in [2.24, 2.45) is 0 Å². The lowest BCUT2D eigenvalue weighted by Crippen LogP contribution is -2.38. The highest BCUT2D eigenvalue weighted by Crippen LogP contribution is 2.34. The van der Waals surface area contributed by atoms with Gasteiger partial charge in [0.2, 0.25) is 5.95 Å². The second-order valence-electron chi connectivity index (χ2n) is 6.87. The predicted octanol–water partition coefficient (Wildman–Crippen LogP) is 3.02. The number of carbonyl (C=O) groups is 1. The highest BCUT2D eigenvalue weighted by Gasteiger charge is 2.28. The third kappa shape index (κ3) is 3.64. The SMILES string of the molecule is Cc1ccc(-n2c(S[C@@H]3CCCCC3=O)nnc2N2CCOCC2)cc1. The Kier molecular flexibility index (Phi) is 5.26. The lowest BCUT2D eigenvalue weighted by Gasteiger charge is -2.28. The standard InChI is InChI=1S/C19H24N4O2S/c1-14-6-8-15(9-7-14)23-18(22-10-12-25-13-11-22)20-21-19(23)26-17-5-3-2-4-16(17)24/h6-9,17H,2-5,10-13H2,1H3/t17-/m1/s1. The molecule has 0 unspecified atom stereocenters. The van der Waals surface area contributed by atoms with E-state index in [1.807, 2.05) is 0 Å². The molecule has 2 heterocycles. The van der Waals surface area contributed by atoms with E-state index in [-0.39, 0.29) is 5.25 Å². The minimum atomic E-state index is -0.00492. The minimum absolute atomic E-state index is 0.00492. The molecule has 0 spiro atoms. The van der Waals surface area contributed by atoms with Crippen LogP contribution in [0.1, 0.15) is 31.2 Å². The van der Waals surface area contributed by atoms with Crippen LogP contribution in [-0.4, -0.2) is 52.1 Å². The molecule has 1 aliphatic heterocycles. The Bertz CT molecular complexity index is 768. The minimum Gasteiger partial charge on any atom is -0.378 e. The van der Waals surface area contributed by atoms with Crippen molar-refractivity contribution < 1.29 is 9.53 Å². The third-order valence-corrected chi connectivity index (χ3v) is 6.21. The Morgan fingerprint density at radius 1 is 1.12 bits per heavy atom. The first kappa shape index (κ1) is 17.5. The molecular weight excluding hydrogens is 348 g/mol. The highest BCUT2D eigenvalue weighted by molar-refractivity contribution is 8.00. The number of ketones is 1. The van der Waals surface area contributed by atoms with E-state index in [0.29, 0.717) is 25.4 Å². The van der Waals surface area contributed by atoms with Crippen LogP contribution in [0.2, 0.25) is 0 Å². The van der Waals surface area contributed by atoms with E-state index in [0.717, 1.165) is 49.1 Å². The molecule has 2 aromatic rings. The van der Waals surface area contributed by atoms with Gasteiger partial charge in [0.05, 0.1) is 24.2 Å². The average Bonchev–Trinajstić information content (AvgIpc) is 3.09.